The molecule has 0 spiro atoms. The molecule has 5 nitrogen and oxygen atoms in total. The highest BCUT2D eigenvalue weighted by Crippen LogP contribution is 2.52. The summed E-state index contributed by atoms with van der Waals surface area (Å²) in [6.07, 6.45) is 2.25. The smallest absolute Gasteiger partial charge is 0.355 e. The van der Waals surface area contributed by atoms with Crippen molar-refractivity contribution in [3.8, 4) is 0 Å². The molecule has 3 rings (SSSR count). The van der Waals surface area contributed by atoms with Gasteiger partial charge in [-0.3, -0.25) is 4.79 Å². The lowest BCUT2D eigenvalue weighted by atomic mass is 9.77. The standard InChI is InChI=1S/C21H33NO4SSi/c1-8-10-25-20(24)18-14-9-11-27-12-15(14)17-16(19(23)22(17)18)13(2)26-28(6,7)21(3,4)5/h8,13,15-17H,1,9-12H2,2-7H3/t13-,15+,16-,17-/m1/s1. The summed E-state index contributed by atoms with van der Waals surface area (Å²) in [5.41, 5.74) is 1.60. The first kappa shape index (κ1) is 21.7. The number of ether oxygens (including phenoxy) is 1. The van der Waals surface area contributed by atoms with Gasteiger partial charge >= 0.3 is 5.97 Å². The molecule has 0 bridgehead atoms. The maximum absolute atomic E-state index is 13.1. The molecule has 0 unspecified atom stereocenters. The molecule has 28 heavy (non-hydrogen) atoms. The highest BCUT2D eigenvalue weighted by Gasteiger charge is 2.62. The molecule has 3 aliphatic rings. The lowest BCUT2D eigenvalue weighted by Crippen LogP contribution is -2.65. The predicted molar refractivity (Wildman–Crippen MR) is 115 cm³/mol. The zero-order valence-corrected chi connectivity index (χ0v) is 19.7. The predicted octanol–water partition coefficient (Wildman–Crippen LogP) is 3.97. The van der Waals surface area contributed by atoms with Gasteiger partial charge in [0.15, 0.2) is 8.32 Å². The Morgan fingerprint density at radius 3 is 2.71 bits per heavy atom. The minimum absolute atomic E-state index is 0.00802. The van der Waals surface area contributed by atoms with E-state index in [0.717, 1.165) is 23.5 Å². The molecule has 0 aliphatic carbocycles. The molecule has 0 aromatic carbocycles. The van der Waals surface area contributed by atoms with Crippen LogP contribution in [0.15, 0.2) is 23.9 Å². The van der Waals surface area contributed by atoms with Crippen molar-refractivity contribution in [2.24, 2.45) is 11.8 Å². The van der Waals surface area contributed by atoms with Crippen molar-refractivity contribution < 1.29 is 18.8 Å². The van der Waals surface area contributed by atoms with Gasteiger partial charge in [-0.25, -0.2) is 4.79 Å². The van der Waals surface area contributed by atoms with Crippen molar-refractivity contribution in [1.82, 2.24) is 4.90 Å². The summed E-state index contributed by atoms with van der Waals surface area (Å²) in [5, 5.41) is 0.0904. The lowest BCUT2D eigenvalue weighted by molar-refractivity contribution is -0.163. The first-order valence-corrected chi connectivity index (χ1v) is 14.2. The zero-order valence-electron chi connectivity index (χ0n) is 17.9. The highest BCUT2D eigenvalue weighted by atomic mass is 32.2. The van der Waals surface area contributed by atoms with Crippen LogP contribution in [0.1, 0.15) is 34.1 Å². The number of hydrogen-bond acceptors (Lipinski definition) is 5. The molecule has 0 aromatic heterocycles. The topological polar surface area (TPSA) is 55.8 Å². The number of amides is 1. The first-order valence-electron chi connectivity index (χ1n) is 10.1. The third-order valence-electron chi connectivity index (χ3n) is 6.72. The largest absolute Gasteiger partial charge is 0.457 e. The van der Waals surface area contributed by atoms with Crippen LogP contribution in [0.5, 0.6) is 0 Å². The number of fused-ring (bicyclic) bond motifs is 3. The second-order valence-corrected chi connectivity index (χ2v) is 15.4. The minimum Gasteiger partial charge on any atom is -0.457 e. The van der Waals surface area contributed by atoms with Crippen molar-refractivity contribution in [3.05, 3.63) is 23.9 Å². The fourth-order valence-corrected chi connectivity index (χ4v) is 6.89. The maximum atomic E-state index is 13.1. The third kappa shape index (κ3) is 3.50. The van der Waals surface area contributed by atoms with Crippen LogP contribution in [-0.4, -0.2) is 55.4 Å². The normalized spacial score (nSPS) is 28.4. The van der Waals surface area contributed by atoms with E-state index < -0.39 is 8.32 Å². The highest BCUT2D eigenvalue weighted by molar-refractivity contribution is 7.99. The van der Waals surface area contributed by atoms with Gasteiger partial charge in [-0.2, -0.15) is 11.8 Å². The number of thioether (sulfide) groups is 1. The number of hydrogen-bond donors (Lipinski definition) is 0. The summed E-state index contributed by atoms with van der Waals surface area (Å²) < 4.78 is 11.9. The first-order chi connectivity index (χ1) is 13.0. The molecular weight excluding hydrogens is 390 g/mol. The number of esters is 1. The Balaban J connectivity index is 1.83. The van der Waals surface area contributed by atoms with Gasteiger partial charge in [0, 0.05) is 11.7 Å². The molecule has 0 saturated carbocycles. The number of rotatable bonds is 6. The molecular formula is C21H33NO4SSi. The summed E-state index contributed by atoms with van der Waals surface area (Å²) in [5.74, 6) is 1.61. The quantitative estimate of drug-likeness (QED) is 0.280. The summed E-state index contributed by atoms with van der Waals surface area (Å²) in [7, 11) is -1.98. The molecule has 7 heteroatoms. The number of carbonyl (C=O) groups is 2. The van der Waals surface area contributed by atoms with Crippen LogP contribution in [0, 0.1) is 11.8 Å². The van der Waals surface area contributed by atoms with Crippen LogP contribution in [-0.2, 0) is 18.8 Å². The van der Waals surface area contributed by atoms with Gasteiger partial charge in [0.05, 0.1) is 18.1 Å². The molecule has 4 atom stereocenters. The Labute approximate surface area is 174 Å². The fraction of sp³-hybridized carbons (Fsp3) is 0.714. The molecule has 0 aromatic rings. The van der Waals surface area contributed by atoms with E-state index in [1.807, 2.05) is 18.7 Å². The monoisotopic (exact) mass is 423 g/mol. The summed E-state index contributed by atoms with van der Waals surface area (Å²) in [4.78, 5) is 27.5. The summed E-state index contributed by atoms with van der Waals surface area (Å²) >= 11 is 1.90. The van der Waals surface area contributed by atoms with E-state index in [4.69, 9.17) is 9.16 Å². The van der Waals surface area contributed by atoms with Crippen LogP contribution >= 0.6 is 11.8 Å². The second-order valence-electron chi connectivity index (χ2n) is 9.50. The average molecular weight is 424 g/mol. The van der Waals surface area contributed by atoms with E-state index in [9.17, 15) is 9.59 Å². The van der Waals surface area contributed by atoms with Crippen molar-refractivity contribution in [2.75, 3.05) is 18.1 Å². The molecule has 1 amide bonds. The maximum Gasteiger partial charge on any atom is 0.355 e. The molecule has 0 radical (unpaired) electrons. The van der Waals surface area contributed by atoms with Crippen LogP contribution in [0.4, 0.5) is 0 Å². The van der Waals surface area contributed by atoms with E-state index in [2.05, 4.69) is 40.4 Å². The minimum atomic E-state index is -1.98. The Kier molecular flexibility index (Phi) is 5.91. The summed E-state index contributed by atoms with van der Waals surface area (Å²) in [6.45, 7) is 16.9. The molecule has 2 saturated heterocycles. The van der Waals surface area contributed by atoms with Crippen LogP contribution in [0.25, 0.3) is 0 Å². The SMILES string of the molecule is C=CCOC(=O)C1=C2CCSC[C@@H]2[C@@H]2[C@@H]([C@@H](C)O[Si](C)(C)C(C)(C)C)C(=O)N12. The zero-order chi connectivity index (χ0) is 20.9. The van der Waals surface area contributed by atoms with Gasteiger partial charge in [-0.1, -0.05) is 33.4 Å². The summed E-state index contributed by atoms with van der Waals surface area (Å²) in [6, 6.07) is 0.0290. The molecule has 3 aliphatic heterocycles. The van der Waals surface area contributed by atoms with Crippen molar-refractivity contribution in [1.29, 1.82) is 0 Å². The van der Waals surface area contributed by atoms with Gasteiger partial charge in [-0.15, -0.1) is 0 Å². The van der Waals surface area contributed by atoms with Crippen LogP contribution < -0.4 is 0 Å². The Hall–Kier alpha value is -1.05. The van der Waals surface area contributed by atoms with E-state index in [-0.39, 0.29) is 47.5 Å². The van der Waals surface area contributed by atoms with E-state index in [1.165, 1.54) is 0 Å². The van der Waals surface area contributed by atoms with E-state index >= 15 is 0 Å². The average Bonchev–Trinajstić information content (AvgIpc) is 2.89. The van der Waals surface area contributed by atoms with Gasteiger partial charge in [0.25, 0.3) is 0 Å². The Morgan fingerprint density at radius 2 is 2.11 bits per heavy atom. The Bertz CT molecular complexity index is 712. The molecule has 156 valence electrons. The number of carbonyl (C=O) groups excluding carboxylic acids is 2. The fourth-order valence-electron chi connectivity index (χ4n) is 4.28. The van der Waals surface area contributed by atoms with Gasteiger partial charge in [0.2, 0.25) is 5.91 Å². The molecule has 3 heterocycles. The van der Waals surface area contributed by atoms with Crippen LogP contribution in [0.3, 0.4) is 0 Å². The van der Waals surface area contributed by atoms with E-state index in [0.29, 0.717) is 5.70 Å². The van der Waals surface area contributed by atoms with Crippen molar-refractivity contribution >= 4 is 32.0 Å². The van der Waals surface area contributed by atoms with E-state index in [1.54, 1.807) is 11.0 Å². The third-order valence-corrected chi connectivity index (χ3v) is 12.4. The number of nitrogens with zero attached hydrogens (tertiary/aromatic N) is 1. The van der Waals surface area contributed by atoms with Crippen molar-refractivity contribution in [3.63, 3.8) is 0 Å². The van der Waals surface area contributed by atoms with Crippen LogP contribution in [0.2, 0.25) is 18.1 Å². The second kappa shape index (κ2) is 7.65. The van der Waals surface area contributed by atoms with Gasteiger partial charge in [-0.05, 0) is 42.8 Å². The lowest BCUT2D eigenvalue weighted by Gasteiger charge is -2.50. The molecule has 0 N–H and O–H groups in total. The Morgan fingerprint density at radius 1 is 1.43 bits per heavy atom. The molecule has 2 fully saturated rings. The number of β-lactam (4-membered cyclic amide) rings is 1. The van der Waals surface area contributed by atoms with Gasteiger partial charge in [0.1, 0.15) is 12.3 Å². The van der Waals surface area contributed by atoms with Crippen molar-refractivity contribution in [2.45, 2.75) is 64.4 Å². The van der Waals surface area contributed by atoms with Gasteiger partial charge < -0.3 is 14.1 Å².